The third-order valence-corrected chi connectivity index (χ3v) is 3.51. The van der Waals surface area contributed by atoms with Crippen molar-refractivity contribution in [3.8, 4) is 17.0 Å². The molecule has 0 aliphatic heterocycles. The monoisotopic (exact) mass is 358 g/mol. The molecule has 1 aromatic heterocycles. The normalized spacial score (nSPS) is 11.2. The maximum atomic E-state index is 12.4. The van der Waals surface area contributed by atoms with Gasteiger partial charge in [0.05, 0.1) is 6.21 Å². The van der Waals surface area contributed by atoms with Crippen LogP contribution in [0.1, 0.15) is 16.9 Å². The van der Waals surface area contributed by atoms with Crippen LogP contribution in [0, 0.1) is 6.92 Å². The average Bonchev–Trinajstić information content (AvgIpc) is 3.09. The lowest BCUT2D eigenvalue weighted by molar-refractivity contribution is -0.0499. The summed E-state index contributed by atoms with van der Waals surface area (Å²) in [4.78, 5) is 5.14. The van der Waals surface area contributed by atoms with Crippen LogP contribution < -0.4 is 4.74 Å². The van der Waals surface area contributed by atoms with E-state index < -0.39 is 6.61 Å². The van der Waals surface area contributed by atoms with Crippen molar-refractivity contribution in [3.63, 3.8) is 0 Å². The van der Waals surface area contributed by atoms with E-state index in [4.69, 9.17) is 9.36 Å². The molecule has 3 aromatic rings. The second-order valence-corrected chi connectivity index (χ2v) is 5.47. The van der Waals surface area contributed by atoms with Crippen molar-refractivity contribution < 1.29 is 22.9 Å². The van der Waals surface area contributed by atoms with Crippen LogP contribution in [-0.2, 0) is 11.4 Å². The number of oxime groups is 1. The molecule has 0 amide bonds. The molecule has 0 radical (unpaired) electrons. The topological polar surface area (TPSA) is 56.9 Å². The Bertz CT molecular complexity index is 877. The van der Waals surface area contributed by atoms with Crippen molar-refractivity contribution in [2.75, 3.05) is 0 Å². The number of aryl methyl sites for hydroxylation is 1. The van der Waals surface area contributed by atoms with E-state index in [1.165, 1.54) is 12.3 Å². The van der Waals surface area contributed by atoms with E-state index in [1.807, 2.05) is 31.2 Å². The summed E-state index contributed by atoms with van der Waals surface area (Å²) in [5, 5.41) is 7.75. The number of nitrogens with zero attached hydrogens (tertiary/aromatic N) is 2. The Hall–Kier alpha value is -3.22. The molecule has 1 heterocycles. The quantitative estimate of drug-likeness (QED) is 0.450. The van der Waals surface area contributed by atoms with E-state index in [1.54, 1.807) is 24.3 Å². The highest BCUT2D eigenvalue weighted by Crippen LogP contribution is 2.20. The minimum absolute atomic E-state index is 0.0242. The van der Waals surface area contributed by atoms with Gasteiger partial charge in [0.15, 0.2) is 12.4 Å². The third kappa shape index (κ3) is 4.66. The number of alkyl halides is 2. The predicted octanol–water partition coefficient (Wildman–Crippen LogP) is 4.80. The minimum atomic E-state index is -2.90. The van der Waals surface area contributed by atoms with Crippen LogP contribution in [0.25, 0.3) is 11.3 Å². The van der Waals surface area contributed by atoms with Crippen LogP contribution in [-0.4, -0.2) is 18.0 Å². The molecule has 134 valence electrons. The van der Waals surface area contributed by atoms with Crippen molar-refractivity contribution in [3.05, 3.63) is 71.5 Å². The zero-order chi connectivity index (χ0) is 18.4. The van der Waals surface area contributed by atoms with Crippen LogP contribution >= 0.6 is 0 Å². The molecule has 0 bridgehead atoms. The number of benzene rings is 2. The molecule has 0 unspecified atom stereocenters. The highest BCUT2D eigenvalue weighted by Gasteiger charge is 2.08. The fourth-order valence-electron chi connectivity index (χ4n) is 2.23. The van der Waals surface area contributed by atoms with Gasteiger partial charge in [-0.05, 0) is 19.1 Å². The van der Waals surface area contributed by atoms with Crippen LogP contribution in [0.2, 0.25) is 0 Å². The number of aromatic nitrogens is 1. The van der Waals surface area contributed by atoms with Gasteiger partial charge in [-0.25, -0.2) is 0 Å². The van der Waals surface area contributed by atoms with Crippen molar-refractivity contribution in [2.45, 2.75) is 20.1 Å². The summed E-state index contributed by atoms with van der Waals surface area (Å²) in [6.45, 7) is -0.832. The number of ether oxygens (including phenoxy) is 1. The Kier molecular flexibility index (Phi) is 5.58. The van der Waals surface area contributed by atoms with Crippen molar-refractivity contribution in [2.24, 2.45) is 5.16 Å². The van der Waals surface area contributed by atoms with E-state index >= 15 is 0 Å². The first kappa shape index (κ1) is 17.6. The Balaban J connectivity index is 1.59. The molecule has 0 atom stereocenters. The molecule has 0 spiro atoms. The molecular formula is C19H16F2N2O3. The van der Waals surface area contributed by atoms with Gasteiger partial charge >= 0.3 is 6.61 Å². The Morgan fingerprint density at radius 1 is 1.15 bits per heavy atom. The maximum absolute atomic E-state index is 12.4. The van der Waals surface area contributed by atoms with Gasteiger partial charge in [-0.15, -0.1) is 0 Å². The summed E-state index contributed by atoms with van der Waals surface area (Å²) in [5.41, 5.74) is 3.17. The van der Waals surface area contributed by atoms with E-state index in [-0.39, 0.29) is 12.4 Å². The molecule has 0 saturated carbocycles. The standard InChI is InChI=1S/C19H16F2N2O3/c1-13-6-8-14(9-7-13)17-10-16(26-23-17)12-24-22-11-15-4-2-3-5-18(15)25-19(20)21/h2-11,19H,12H2,1H3/b22-11+. The minimum Gasteiger partial charge on any atom is -0.434 e. The molecular weight excluding hydrogens is 342 g/mol. The lowest BCUT2D eigenvalue weighted by Gasteiger charge is -2.06. The lowest BCUT2D eigenvalue weighted by atomic mass is 10.1. The van der Waals surface area contributed by atoms with Gasteiger partial charge in [-0.2, -0.15) is 8.78 Å². The zero-order valence-electron chi connectivity index (χ0n) is 13.9. The fraction of sp³-hybridized carbons (Fsp3) is 0.158. The fourth-order valence-corrected chi connectivity index (χ4v) is 2.23. The second kappa shape index (κ2) is 8.24. The van der Waals surface area contributed by atoms with Crippen LogP contribution in [0.4, 0.5) is 8.78 Å². The summed E-state index contributed by atoms with van der Waals surface area (Å²) in [6.07, 6.45) is 1.30. The Morgan fingerprint density at radius 2 is 1.92 bits per heavy atom. The predicted molar refractivity (Wildman–Crippen MR) is 92.1 cm³/mol. The van der Waals surface area contributed by atoms with Gasteiger partial charge in [0, 0.05) is 17.2 Å². The molecule has 26 heavy (non-hydrogen) atoms. The van der Waals surface area contributed by atoms with Crippen molar-refractivity contribution in [1.82, 2.24) is 5.16 Å². The van der Waals surface area contributed by atoms with Crippen molar-refractivity contribution in [1.29, 1.82) is 0 Å². The molecule has 5 nitrogen and oxygen atoms in total. The first-order valence-electron chi connectivity index (χ1n) is 7.83. The molecule has 7 heteroatoms. The largest absolute Gasteiger partial charge is 0.434 e. The lowest BCUT2D eigenvalue weighted by Crippen LogP contribution is -2.04. The number of rotatable bonds is 7. The smallest absolute Gasteiger partial charge is 0.387 e. The zero-order valence-corrected chi connectivity index (χ0v) is 13.9. The first-order valence-corrected chi connectivity index (χ1v) is 7.83. The highest BCUT2D eigenvalue weighted by atomic mass is 19.3. The van der Waals surface area contributed by atoms with Gasteiger partial charge in [-0.3, -0.25) is 0 Å². The molecule has 0 aliphatic carbocycles. The van der Waals surface area contributed by atoms with Crippen LogP contribution in [0.3, 0.4) is 0 Å². The van der Waals surface area contributed by atoms with E-state index in [2.05, 4.69) is 15.0 Å². The molecule has 3 rings (SSSR count). The summed E-state index contributed by atoms with van der Waals surface area (Å²) < 4.78 is 34.3. The van der Waals surface area contributed by atoms with Gasteiger partial charge in [0.1, 0.15) is 11.4 Å². The van der Waals surface area contributed by atoms with Gasteiger partial charge in [-0.1, -0.05) is 52.3 Å². The Morgan fingerprint density at radius 3 is 2.69 bits per heavy atom. The van der Waals surface area contributed by atoms with Gasteiger partial charge in [0.2, 0.25) is 0 Å². The molecule has 0 aliphatic rings. The summed E-state index contributed by atoms with van der Waals surface area (Å²) in [5.74, 6) is 0.519. The first-order chi connectivity index (χ1) is 12.6. The summed E-state index contributed by atoms with van der Waals surface area (Å²) >= 11 is 0. The maximum Gasteiger partial charge on any atom is 0.387 e. The summed E-state index contributed by atoms with van der Waals surface area (Å²) in [7, 11) is 0. The number of halogens is 2. The SMILES string of the molecule is Cc1ccc(-c2cc(CO/N=C/c3ccccc3OC(F)F)on2)cc1. The molecule has 0 fully saturated rings. The number of hydrogen-bond donors (Lipinski definition) is 0. The molecule has 0 N–H and O–H groups in total. The van der Waals surface area contributed by atoms with Gasteiger partial charge < -0.3 is 14.1 Å². The second-order valence-electron chi connectivity index (χ2n) is 5.47. The molecule has 2 aromatic carbocycles. The Labute approximate surface area is 148 Å². The van der Waals surface area contributed by atoms with E-state index in [0.717, 1.165) is 11.1 Å². The van der Waals surface area contributed by atoms with Crippen LogP contribution in [0.15, 0.2) is 64.3 Å². The van der Waals surface area contributed by atoms with Crippen molar-refractivity contribution >= 4 is 6.21 Å². The number of para-hydroxylation sites is 1. The van der Waals surface area contributed by atoms with Crippen LogP contribution in [0.5, 0.6) is 5.75 Å². The average molecular weight is 358 g/mol. The van der Waals surface area contributed by atoms with Gasteiger partial charge in [0.25, 0.3) is 0 Å². The van der Waals surface area contributed by atoms with E-state index in [9.17, 15) is 8.78 Å². The highest BCUT2D eigenvalue weighted by molar-refractivity contribution is 5.83. The molecule has 0 saturated heterocycles. The third-order valence-electron chi connectivity index (χ3n) is 3.51. The number of hydrogen-bond acceptors (Lipinski definition) is 5. The summed E-state index contributed by atoms with van der Waals surface area (Å²) in [6, 6.07) is 15.9. The van der Waals surface area contributed by atoms with E-state index in [0.29, 0.717) is 17.0 Å².